The number of thiazole rings is 1. The molecular formula is C22H26B3N9O3S. The molecule has 3 heterocycles. The second-order valence-electron chi connectivity index (χ2n) is 9.13. The lowest BCUT2D eigenvalue weighted by molar-refractivity contribution is 0.0947. The topological polar surface area (TPSA) is 162 Å². The summed E-state index contributed by atoms with van der Waals surface area (Å²) in [4.78, 5) is 18.6. The number of para-hydroxylation sites is 1. The minimum absolute atomic E-state index is 0.110. The Morgan fingerprint density at radius 3 is 2.42 bits per heavy atom. The zero-order valence-corrected chi connectivity index (χ0v) is 22.5. The second kappa shape index (κ2) is 11.5. The maximum Gasteiger partial charge on any atom is 0.272 e. The zero-order chi connectivity index (χ0) is 27.3. The standard InChI is InChI=1S/C22H26B3N9O3S/c1-36-17-7-6-15(31-33-17)29-16-8-14(18(34-32-16)20(35)30-22(23,24)25)28-13-5-3-4-12(19(13)37-2)21-27-10-11(9-26)38-21/h3-8,10H,9,23-26H2,1-2H3,(H,30,35)(H2,28,29,31,32). The van der Waals surface area contributed by atoms with E-state index in [1.807, 2.05) is 41.7 Å². The van der Waals surface area contributed by atoms with Gasteiger partial charge in [-0.25, -0.2) is 4.98 Å². The molecular weight excluding hydrogens is 503 g/mol. The predicted octanol–water partition coefficient (Wildman–Crippen LogP) is -0.406. The van der Waals surface area contributed by atoms with Gasteiger partial charge in [-0.1, -0.05) is 6.07 Å². The molecule has 0 atom stereocenters. The van der Waals surface area contributed by atoms with Gasteiger partial charge in [0.15, 0.2) is 23.1 Å². The van der Waals surface area contributed by atoms with Gasteiger partial charge in [0.25, 0.3) is 5.91 Å². The first-order valence-corrected chi connectivity index (χ1v) is 12.5. The molecule has 0 saturated heterocycles. The molecule has 16 heteroatoms. The highest BCUT2D eigenvalue weighted by molar-refractivity contribution is 7.15. The van der Waals surface area contributed by atoms with E-state index >= 15 is 0 Å². The maximum absolute atomic E-state index is 13.1. The summed E-state index contributed by atoms with van der Waals surface area (Å²) in [6.45, 7) is 0.404. The highest BCUT2D eigenvalue weighted by Gasteiger charge is 2.22. The molecule has 0 saturated carbocycles. The van der Waals surface area contributed by atoms with Crippen molar-refractivity contribution in [3.63, 3.8) is 0 Å². The Kier molecular flexibility index (Phi) is 8.12. The lowest BCUT2D eigenvalue weighted by atomic mass is 9.49. The SMILES string of the molecule is BC(B)(B)NC(=O)c1nnc(Nc2ccc(OC)nn2)cc1Nc1cccc(-c2ncc(CN)s2)c1OC. The van der Waals surface area contributed by atoms with Gasteiger partial charge in [-0.05, 0) is 23.4 Å². The highest BCUT2D eigenvalue weighted by Crippen LogP contribution is 2.40. The van der Waals surface area contributed by atoms with Crippen molar-refractivity contribution in [2.24, 2.45) is 5.73 Å². The van der Waals surface area contributed by atoms with E-state index in [4.69, 9.17) is 15.2 Å². The van der Waals surface area contributed by atoms with Crippen molar-refractivity contribution in [1.82, 2.24) is 30.7 Å². The average Bonchev–Trinajstić information content (AvgIpc) is 3.37. The molecule has 0 spiro atoms. The minimum Gasteiger partial charge on any atom is -0.494 e. The number of rotatable bonds is 10. The Labute approximate surface area is 226 Å². The number of nitrogens with one attached hydrogen (secondary N) is 3. The number of amides is 1. The number of hydrogen-bond acceptors (Lipinski definition) is 12. The summed E-state index contributed by atoms with van der Waals surface area (Å²) in [5.74, 6) is 1.33. The molecule has 0 aliphatic rings. The Bertz CT molecular complexity index is 1430. The highest BCUT2D eigenvalue weighted by atomic mass is 32.1. The molecule has 38 heavy (non-hydrogen) atoms. The van der Waals surface area contributed by atoms with Gasteiger partial charge < -0.3 is 31.2 Å². The smallest absolute Gasteiger partial charge is 0.272 e. The van der Waals surface area contributed by atoms with Crippen molar-refractivity contribution in [3.8, 4) is 22.2 Å². The number of anilines is 4. The summed E-state index contributed by atoms with van der Waals surface area (Å²) in [7, 11) is 8.76. The molecule has 0 radical (unpaired) electrons. The molecule has 1 aromatic carbocycles. The van der Waals surface area contributed by atoms with Gasteiger partial charge in [-0.2, -0.15) is 0 Å². The number of methoxy groups -OCH3 is 2. The fraction of sp³-hybridized carbons (Fsp3) is 0.182. The molecule has 1 amide bonds. The third-order valence-corrected chi connectivity index (χ3v) is 6.13. The van der Waals surface area contributed by atoms with Crippen LogP contribution in [0.1, 0.15) is 15.4 Å². The predicted molar refractivity (Wildman–Crippen MR) is 155 cm³/mol. The molecule has 0 bridgehead atoms. The van der Waals surface area contributed by atoms with E-state index in [9.17, 15) is 4.79 Å². The fourth-order valence-corrected chi connectivity index (χ4v) is 4.25. The van der Waals surface area contributed by atoms with Crippen LogP contribution in [0.2, 0.25) is 0 Å². The largest absolute Gasteiger partial charge is 0.494 e. The maximum atomic E-state index is 13.1. The summed E-state index contributed by atoms with van der Waals surface area (Å²) >= 11 is 1.49. The van der Waals surface area contributed by atoms with Crippen LogP contribution in [0, 0.1) is 0 Å². The Hall–Kier alpha value is -4.17. The Morgan fingerprint density at radius 1 is 1.00 bits per heavy atom. The first-order chi connectivity index (χ1) is 18.2. The van der Waals surface area contributed by atoms with Gasteiger partial charge >= 0.3 is 0 Å². The number of nitrogens with two attached hydrogens (primary N) is 1. The third kappa shape index (κ3) is 6.39. The molecule has 4 rings (SSSR count). The number of ether oxygens (including phenoxy) is 2. The first kappa shape index (κ1) is 26.9. The number of aromatic nitrogens is 5. The van der Waals surface area contributed by atoms with Crippen LogP contribution < -0.4 is 31.2 Å². The number of benzene rings is 1. The molecule has 12 nitrogen and oxygen atoms in total. The zero-order valence-electron chi connectivity index (χ0n) is 21.7. The number of carbonyl (C=O) groups is 1. The Morgan fingerprint density at radius 2 is 1.79 bits per heavy atom. The van der Waals surface area contributed by atoms with Crippen molar-refractivity contribution >= 4 is 63.8 Å². The van der Waals surface area contributed by atoms with E-state index in [1.54, 1.807) is 31.5 Å². The van der Waals surface area contributed by atoms with Crippen molar-refractivity contribution < 1.29 is 14.3 Å². The summed E-state index contributed by atoms with van der Waals surface area (Å²) in [6.07, 6.45) is 1.75. The van der Waals surface area contributed by atoms with Crippen LogP contribution in [0.5, 0.6) is 11.6 Å². The van der Waals surface area contributed by atoms with Gasteiger partial charge in [-0.15, -0.1) is 31.7 Å². The molecule has 4 aromatic rings. The van der Waals surface area contributed by atoms with Crippen molar-refractivity contribution in [2.45, 2.75) is 11.8 Å². The van der Waals surface area contributed by atoms with E-state index in [2.05, 4.69) is 41.3 Å². The molecule has 0 aliphatic heterocycles. The van der Waals surface area contributed by atoms with E-state index in [1.165, 1.54) is 18.4 Å². The van der Waals surface area contributed by atoms with Crippen LogP contribution in [-0.4, -0.2) is 74.3 Å². The lowest BCUT2D eigenvalue weighted by Crippen LogP contribution is -2.50. The quantitative estimate of drug-likeness (QED) is 0.198. The normalized spacial score (nSPS) is 11.0. The van der Waals surface area contributed by atoms with Crippen molar-refractivity contribution in [1.29, 1.82) is 0 Å². The van der Waals surface area contributed by atoms with Gasteiger partial charge in [0.2, 0.25) is 5.88 Å². The second-order valence-corrected chi connectivity index (χ2v) is 10.2. The third-order valence-electron chi connectivity index (χ3n) is 5.08. The van der Waals surface area contributed by atoms with Crippen LogP contribution >= 0.6 is 11.3 Å². The lowest BCUT2D eigenvalue weighted by Gasteiger charge is -2.22. The van der Waals surface area contributed by atoms with Gasteiger partial charge in [0, 0.05) is 29.8 Å². The number of carbonyl (C=O) groups excluding carboxylic acids is 1. The van der Waals surface area contributed by atoms with Crippen LogP contribution in [0.15, 0.2) is 42.6 Å². The average molecular weight is 529 g/mol. The first-order valence-electron chi connectivity index (χ1n) is 11.6. The van der Waals surface area contributed by atoms with Crippen LogP contribution in [-0.2, 0) is 6.54 Å². The molecule has 0 fully saturated rings. The Balaban J connectivity index is 1.73. The van der Waals surface area contributed by atoms with E-state index in [0.29, 0.717) is 41.2 Å². The molecule has 3 aromatic heterocycles. The summed E-state index contributed by atoms with van der Waals surface area (Å²) < 4.78 is 10.8. The van der Waals surface area contributed by atoms with Crippen LogP contribution in [0.3, 0.4) is 0 Å². The van der Waals surface area contributed by atoms with E-state index in [0.717, 1.165) is 15.4 Å². The van der Waals surface area contributed by atoms with Crippen LogP contribution in [0.25, 0.3) is 10.6 Å². The van der Waals surface area contributed by atoms with Gasteiger partial charge in [-0.3, -0.25) is 4.79 Å². The molecule has 0 unspecified atom stereocenters. The summed E-state index contributed by atoms with van der Waals surface area (Å²) in [5.41, 5.74) is 7.69. The van der Waals surface area contributed by atoms with Gasteiger partial charge in [0.1, 0.15) is 28.5 Å². The van der Waals surface area contributed by atoms with E-state index < -0.39 is 5.24 Å². The van der Waals surface area contributed by atoms with Crippen molar-refractivity contribution in [2.75, 3.05) is 24.9 Å². The number of nitrogens with zero attached hydrogens (tertiary/aromatic N) is 5. The molecule has 0 aliphatic carbocycles. The van der Waals surface area contributed by atoms with E-state index in [-0.39, 0.29) is 11.6 Å². The van der Waals surface area contributed by atoms with Gasteiger partial charge in [0.05, 0.1) is 31.2 Å². The molecule has 192 valence electrons. The fourth-order valence-electron chi connectivity index (χ4n) is 3.44. The minimum atomic E-state index is -0.477. The molecule has 5 N–H and O–H groups in total. The summed E-state index contributed by atoms with van der Waals surface area (Å²) in [5, 5.41) is 26.0. The van der Waals surface area contributed by atoms with Crippen molar-refractivity contribution in [3.05, 3.63) is 53.2 Å². The monoisotopic (exact) mass is 529 g/mol. The number of hydrogen-bond donors (Lipinski definition) is 4. The summed E-state index contributed by atoms with van der Waals surface area (Å²) in [6, 6.07) is 10.6. The van der Waals surface area contributed by atoms with Crippen LogP contribution in [0.4, 0.5) is 23.0 Å².